The van der Waals surface area contributed by atoms with Crippen LogP contribution in [0.5, 0.6) is 17.2 Å². The molecule has 1 N–H and O–H groups in total. The zero-order valence-electron chi connectivity index (χ0n) is 14.0. The van der Waals surface area contributed by atoms with E-state index in [-0.39, 0.29) is 0 Å². The number of carbonyl (C=O) groups is 1. The standard InChI is InChI=1S/C17H19N3O4/c1-11-6-5-7-13(19-11)10-18-20-17(21)12-8-14(22-2)16(24-4)15(9-12)23-3/h5-10H,1-4H3,(H,20,21)/b18-10-. The van der Waals surface area contributed by atoms with Crippen molar-refractivity contribution in [3.05, 3.63) is 47.3 Å². The van der Waals surface area contributed by atoms with Crippen molar-refractivity contribution < 1.29 is 19.0 Å². The molecule has 2 aromatic rings. The zero-order valence-corrected chi connectivity index (χ0v) is 14.0. The molecule has 0 aliphatic heterocycles. The van der Waals surface area contributed by atoms with Crippen molar-refractivity contribution in [3.63, 3.8) is 0 Å². The number of carbonyl (C=O) groups excluding carboxylic acids is 1. The molecule has 0 saturated heterocycles. The average molecular weight is 329 g/mol. The van der Waals surface area contributed by atoms with Crippen molar-refractivity contribution in [2.24, 2.45) is 5.10 Å². The lowest BCUT2D eigenvalue weighted by Gasteiger charge is -2.13. The Bertz CT molecular complexity index is 734. The summed E-state index contributed by atoms with van der Waals surface area (Å²) < 4.78 is 15.7. The predicted molar refractivity (Wildman–Crippen MR) is 90.1 cm³/mol. The number of hydrogen-bond donors (Lipinski definition) is 1. The number of nitrogens with zero attached hydrogens (tertiary/aromatic N) is 2. The molecule has 24 heavy (non-hydrogen) atoms. The lowest BCUT2D eigenvalue weighted by Crippen LogP contribution is -2.18. The Balaban J connectivity index is 2.17. The van der Waals surface area contributed by atoms with Gasteiger partial charge in [-0.25, -0.2) is 5.43 Å². The van der Waals surface area contributed by atoms with E-state index in [4.69, 9.17) is 14.2 Å². The maximum absolute atomic E-state index is 12.2. The summed E-state index contributed by atoms with van der Waals surface area (Å²) >= 11 is 0. The highest BCUT2D eigenvalue weighted by molar-refractivity contribution is 5.96. The summed E-state index contributed by atoms with van der Waals surface area (Å²) in [4.78, 5) is 16.5. The molecule has 1 aromatic heterocycles. The number of pyridine rings is 1. The van der Waals surface area contributed by atoms with Gasteiger partial charge in [-0.1, -0.05) is 6.07 Å². The summed E-state index contributed by atoms with van der Waals surface area (Å²) in [5.41, 5.74) is 4.30. The summed E-state index contributed by atoms with van der Waals surface area (Å²) in [5.74, 6) is 0.805. The quantitative estimate of drug-likeness (QED) is 0.649. The molecule has 0 unspecified atom stereocenters. The Hall–Kier alpha value is -3.09. The molecule has 1 amide bonds. The van der Waals surface area contributed by atoms with Gasteiger partial charge in [0.1, 0.15) is 0 Å². The molecule has 0 atom stereocenters. The van der Waals surface area contributed by atoms with Crippen molar-refractivity contribution in [1.29, 1.82) is 0 Å². The van der Waals surface area contributed by atoms with Crippen molar-refractivity contribution in [3.8, 4) is 17.2 Å². The first-order valence-corrected chi connectivity index (χ1v) is 7.16. The van der Waals surface area contributed by atoms with Gasteiger partial charge < -0.3 is 14.2 Å². The third-order valence-corrected chi connectivity index (χ3v) is 3.20. The van der Waals surface area contributed by atoms with Crippen LogP contribution in [-0.4, -0.2) is 38.4 Å². The lowest BCUT2D eigenvalue weighted by molar-refractivity contribution is 0.0954. The zero-order chi connectivity index (χ0) is 17.5. The number of benzene rings is 1. The van der Waals surface area contributed by atoms with Gasteiger partial charge in [0.25, 0.3) is 5.91 Å². The van der Waals surface area contributed by atoms with Gasteiger partial charge in [-0.2, -0.15) is 5.10 Å². The van der Waals surface area contributed by atoms with Crippen LogP contribution in [0, 0.1) is 6.92 Å². The molecule has 0 bridgehead atoms. The van der Waals surface area contributed by atoms with Crippen LogP contribution >= 0.6 is 0 Å². The number of rotatable bonds is 6. The first kappa shape index (κ1) is 17.3. The van der Waals surface area contributed by atoms with E-state index < -0.39 is 5.91 Å². The molecule has 0 spiro atoms. The van der Waals surface area contributed by atoms with Crippen LogP contribution < -0.4 is 19.6 Å². The van der Waals surface area contributed by atoms with E-state index in [1.54, 1.807) is 18.2 Å². The Labute approximate surface area is 140 Å². The minimum Gasteiger partial charge on any atom is -0.493 e. The topological polar surface area (TPSA) is 82.0 Å². The molecule has 0 aliphatic rings. The fraction of sp³-hybridized carbons (Fsp3) is 0.235. The number of hydrogen-bond acceptors (Lipinski definition) is 6. The summed E-state index contributed by atoms with van der Waals surface area (Å²) in [6.07, 6.45) is 1.48. The van der Waals surface area contributed by atoms with E-state index in [1.807, 2.05) is 19.1 Å². The van der Waals surface area contributed by atoms with Gasteiger partial charge in [0, 0.05) is 11.3 Å². The Morgan fingerprint density at radius 1 is 1.12 bits per heavy atom. The highest BCUT2D eigenvalue weighted by Gasteiger charge is 2.16. The van der Waals surface area contributed by atoms with Gasteiger partial charge in [0.15, 0.2) is 11.5 Å². The molecule has 126 valence electrons. The second-order valence-electron chi connectivity index (χ2n) is 4.82. The maximum Gasteiger partial charge on any atom is 0.271 e. The molecule has 0 fully saturated rings. The first-order chi connectivity index (χ1) is 11.6. The number of aromatic nitrogens is 1. The number of aryl methyl sites for hydroxylation is 1. The number of nitrogens with one attached hydrogen (secondary N) is 1. The van der Waals surface area contributed by atoms with Crippen LogP contribution in [0.2, 0.25) is 0 Å². The third-order valence-electron chi connectivity index (χ3n) is 3.20. The van der Waals surface area contributed by atoms with Crippen LogP contribution in [0.1, 0.15) is 21.7 Å². The second-order valence-corrected chi connectivity index (χ2v) is 4.82. The molecule has 0 radical (unpaired) electrons. The minimum atomic E-state index is -0.404. The SMILES string of the molecule is COc1cc(C(=O)N/N=C\c2cccc(C)n2)cc(OC)c1OC. The average Bonchev–Trinajstić information content (AvgIpc) is 2.60. The molecule has 7 heteroatoms. The summed E-state index contributed by atoms with van der Waals surface area (Å²) in [6.45, 7) is 1.88. The van der Waals surface area contributed by atoms with Crippen molar-refractivity contribution >= 4 is 12.1 Å². The van der Waals surface area contributed by atoms with Crippen molar-refractivity contribution in [2.45, 2.75) is 6.92 Å². The fourth-order valence-corrected chi connectivity index (χ4v) is 2.07. The number of methoxy groups -OCH3 is 3. The monoisotopic (exact) mass is 329 g/mol. The molecular weight excluding hydrogens is 310 g/mol. The molecule has 2 rings (SSSR count). The largest absolute Gasteiger partial charge is 0.493 e. The van der Waals surface area contributed by atoms with E-state index >= 15 is 0 Å². The molecule has 0 saturated carbocycles. The normalized spacial score (nSPS) is 10.5. The van der Waals surface area contributed by atoms with Crippen molar-refractivity contribution in [1.82, 2.24) is 10.4 Å². The number of ether oxygens (including phenoxy) is 3. The Morgan fingerprint density at radius 2 is 1.79 bits per heavy atom. The van der Waals surface area contributed by atoms with Gasteiger partial charge in [-0.15, -0.1) is 0 Å². The van der Waals surface area contributed by atoms with Gasteiger partial charge >= 0.3 is 0 Å². The highest BCUT2D eigenvalue weighted by Crippen LogP contribution is 2.38. The van der Waals surface area contributed by atoms with Gasteiger partial charge in [-0.3, -0.25) is 9.78 Å². The maximum atomic E-state index is 12.2. The highest BCUT2D eigenvalue weighted by atomic mass is 16.5. The second kappa shape index (κ2) is 7.96. The summed E-state index contributed by atoms with van der Waals surface area (Å²) in [6, 6.07) is 8.65. The minimum absolute atomic E-state index is 0.332. The summed E-state index contributed by atoms with van der Waals surface area (Å²) in [5, 5.41) is 3.91. The Kier molecular flexibility index (Phi) is 5.73. The Morgan fingerprint density at radius 3 is 2.33 bits per heavy atom. The molecule has 7 nitrogen and oxygen atoms in total. The van der Waals surface area contributed by atoms with E-state index in [9.17, 15) is 4.79 Å². The van der Waals surface area contributed by atoms with E-state index in [1.165, 1.54) is 27.5 Å². The predicted octanol–water partition coefficient (Wildman–Crippen LogP) is 2.18. The molecule has 0 aliphatic carbocycles. The van der Waals surface area contributed by atoms with Crippen LogP contribution in [0.15, 0.2) is 35.4 Å². The molecule has 1 heterocycles. The van der Waals surface area contributed by atoms with Gasteiger partial charge in [0.05, 0.1) is 33.2 Å². The smallest absolute Gasteiger partial charge is 0.271 e. The van der Waals surface area contributed by atoms with Crippen LogP contribution in [0.25, 0.3) is 0 Å². The van der Waals surface area contributed by atoms with Crippen LogP contribution in [0.4, 0.5) is 0 Å². The fourth-order valence-electron chi connectivity index (χ4n) is 2.07. The van der Waals surface area contributed by atoms with E-state index in [0.717, 1.165) is 5.69 Å². The van der Waals surface area contributed by atoms with Gasteiger partial charge in [-0.05, 0) is 31.2 Å². The van der Waals surface area contributed by atoms with Crippen LogP contribution in [0.3, 0.4) is 0 Å². The third kappa shape index (κ3) is 4.01. The molecule has 1 aromatic carbocycles. The molecular formula is C17H19N3O4. The van der Waals surface area contributed by atoms with E-state index in [2.05, 4.69) is 15.5 Å². The summed E-state index contributed by atoms with van der Waals surface area (Å²) in [7, 11) is 4.47. The first-order valence-electron chi connectivity index (χ1n) is 7.16. The lowest BCUT2D eigenvalue weighted by atomic mass is 10.1. The number of amides is 1. The van der Waals surface area contributed by atoms with Crippen molar-refractivity contribution in [2.75, 3.05) is 21.3 Å². The van der Waals surface area contributed by atoms with E-state index in [0.29, 0.717) is 28.5 Å². The van der Waals surface area contributed by atoms with Gasteiger partial charge in [0.2, 0.25) is 5.75 Å². The number of hydrazone groups is 1. The van der Waals surface area contributed by atoms with Crippen LogP contribution in [-0.2, 0) is 0 Å².